The number of pyridine rings is 2. The van der Waals surface area contributed by atoms with Gasteiger partial charge in [0.25, 0.3) is 0 Å². The molecule has 0 bridgehead atoms. The van der Waals surface area contributed by atoms with Crippen LogP contribution in [0.25, 0.3) is 0 Å². The minimum atomic E-state index is -0.317. The summed E-state index contributed by atoms with van der Waals surface area (Å²) >= 11 is 0. The Morgan fingerprint density at radius 2 is 1.18 bits per heavy atom. The summed E-state index contributed by atoms with van der Waals surface area (Å²) in [6.45, 7) is 11.2. The first-order valence-corrected chi connectivity index (χ1v) is 11.4. The SMILES string of the molecule is CB=N.CB=N.[2H]c1ccc2c(n1)[C@@H](C)[C@H](CC)OC2=O.[2H]c1ccc2c(n1)[C@H](C)[C@@H](CC)OC2=O. The summed E-state index contributed by atoms with van der Waals surface area (Å²) in [4.78, 5) is 31.4. The molecule has 2 N–H and O–H groups in total. The van der Waals surface area contributed by atoms with Crippen molar-refractivity contribution in [1.82, 2.24) is 9.97 Å². The molecule has 2 aliphatic heterocycles. The molecule has 34 heavy (non-hydrogen) atoms. The van der Waals surface area contributed by atoms with E-state index in [1.165, 1.54) is 26.3 Å². The number of hydrogen-bond donors (Lipinski definition) is 2. The van der Waals surface area contributed by atoms with Gasteiger partial charge in [-0.1, -0.05) is 27.7 Å². The standard InChI is InChI=1S/2C11H13NO2.2CH4BN/c2*1-3-9-7(2)10-8(11(13)14-9)5-4-6-12-10;2*1-2-3/h2*4-7,9H,3H2,1-2H3;2*3H,1H3/t2*7-,9-;;/m10../s1/i2*6D;;. The zero-order chi connectivity index (χ0) is 27.4. The molecule has 0 fully saturated rings. The maximum atomic E-state index is 11.6. The van der Waals surface area contributed by atoms with Crippen molar-refractivity contribution in [3.8, 4) is 0 Å². The summed E-state index contributed by atoms with van der Waals surface area (Å²) in [5.41, 5.74) is 2.41. The first-order valence-electron chi connectivity index (χ1n) is 12.4. The van der Waals surface area contributed by atoms with E-state index in [-0.39, 0.29) is 48.3 Å². The molecule has 0 aromatic carbocycles. The second-order valence-electron chi connectivity index (χ2n) is 7.61. The molecule has 2 aromatic rings. The van der Waals surface area contributed by atoms with Gasteiger partial charge in [-0.15, -0.1) is 0 Å². The molecule has 180 valence electrons. The Kier molecular flexibility index (Phi) is 11.3. The predicted molar refractivity (Wildman–Crippen MR) is 133 cm³/mol. The van der Waals surface area contributed by atoms with Crippen LogP contribution in [0.4, 0.5) is 0 Å². The van der Waals surface area contributed by atoms with E-state index in [2.05, 4.69) is 9.97 Å². The van der Waals surface area contributed by atoms with E-state index in [0.717, 1.165) is 12.8 Å². The van der Waals surface area contributed by atoms with Gasteiger partial charge in [0.1, 0.15) is 12.2 Å². The number of cyclic esters (lactones) is 2. The smallest absolute Gasteiger partial charge is 0.340 e. The predicted octanol–water partition coefficient (Wildman–Crippen LogP) is 5.27. The number of carbonyl (C=O) groups is 2. The number of esters is 2. The number of nitrogens with one attached hydrogen (secondary N) is 2. The van der Waals surface area contributed by atoms with Crippen LogP contribution in [-0.4, -0.2) is 48.3 Å². The summed E-state index contributed by atoms with van der Waals surface area (Å²) < 4.78 is 25.4. The summed E-state index contributed by atoms with van der Waals surface area (Å²) in [7, 11) is 2.50. The van der Waals surface area contributed by atoms with Crippen LogP contribution in [0.2, 0.25) is 13.6 Å². The van der Waals surface area contributed by atoms with Crippen molar-refractivity contribution in [1.29, 1.82) is 10.6 Å². The molecule has 2 aliphatic rings. The molecule has 0 radical (unpaired) electrons. The van der Waals surface area contributed by atoms with Gasteiger partial charge in [-0.05, 0) is 37.1 Å². The van der Waals surface area contributed by atoms with E-state index in [4.69, 9.17) is 22.8 Å². The number of fused-ring (bicyclic) bond motifs is 2. The molecular weight excluding hydrogens is 430 g/mol. The number of carbonyl (C=O) groups excluding carboxylic acids is 2. The summed E-state index contributed by atoms with van der Waals surface area (Å²) in [5.74, 6) is -0.481. The molecule has 0 saturated heterocycles. The maximum Gasteiger partial charge on any atom is 0.340 e. The van der Waals surface area contributed by atoms with Crippen molar-refractivity contribution < 1.29 is 21.8 Å². The van der Waals surface area contributed by atoms with Gasteiger partial charge in [0.05, 0.1) is 25.3 Å². The fourth-order valence-electron chi connectivity index (χ4n) is 3.62. The van der Waals surface area contributed by atoms with Crippen LogP contribution in [0.15, 0.2) is 36.6 Å². The minimum absolute atomic E-state index is 0.0769. The third-order valence-corrected chi connectivity index (χ3v) is 5.31. The number of aromatic nitrogens is 2. The quantitative estimate of drug-likeness (QED) is 0.459. The topological polar surface area (TPSA) is 126 Å². The summed E-state index contributed by atoms with van der Waals surface area (Å²) in [5, 5.41) is 12.2. The van der Waals surface area contributed by atoms with Crippen molar-refractivity contribution in [3.05, 3.63) is 59.1 Å². The van der Waals surface area contributed by atoms with Gasteiger partial charge >= 0.3 is 50.4 Å². The molecule has 4 heterocycles. The number of rotatable bonds is 2. The molecule has 0 spiro atoms. The van der Waals surface area contributed by atoms with E-state index in [1.54, 1.807) is 25.8 Å². The molecule has 2 aromatic heterocycles. The number of nitrogens with zero attached hydrogens (tertiary/aromatic N) is 2. The number of ether oxygens (including phenoxy) is 2. The van der Waals surface area contributed by atoms with Crippen molar-refractivity contribution in [2.24, 2.45) is 0 Å². The molecule has 8 nitrogen and oxygen atoms in total. The first kappa shape index (κ1) is 25.6. The second-order valence-corrected chi connectivity index (χ2v) is 7.61. The van der Waals surface area contributed by atoms with Crippen LogP contribution >= 0.6 is 0 Å². The average molecular weight is 466 g/mol. The third kappa shape index (κ3) is 7.50. The average Bonchev–Trinajstić information content (AvgIpc) is 2.85. The van der Waals surface area contributed by atoms with Gasteiger partial charge in [-0.2, -0.15) is 0 Å². The van der Waals surface area contributed by atoms with Crippen LogP contribution in [0.3, 0.4) is 0 Å². The fraction of sp³-hybridized carbons (Fsp3) is 0.500. The second kappa shape index (κ2) is 15.0. The van der Waals surface area contributed by atoms with Crippen LogP contribution < -0.4 is 0 Å². The van der Waals surface area contributed by atoms with Gasteiger partial charge in [0.15, 0.2) is 0 Å². The van der Waals surface area contributed by atoms with Crippen molar-refractivity contribution in [3.63, 3.8) is 0 Å². The van der Waals surface area contributed by atoms with E-state index in [9.17, 15) is 9.59 Å². The van der Waals surface area contributed by atoms with Crippen molar-refractivity contribution in [2.75, 3.05) is 0 Å². The largest absolute Gasteiger partial charge is 0.458 e. The van der Waals surface area contributed by atoms with Gasteiger partial charge < -0.3 is 9.47 Å². The van der Waals surface area contributed by atoms with Gasteiger partial charge in [-0.3, -0.25) is 9.97 Å². The van der Waals surface area contributed by atoms with Crippen LogP contribution in [0.5, 0.6) is 0 Å². The molecule has 10 heteroatoms. The van der Waals surface area contributed by atoms with Gasteiger partial charge in [0, 0.05) is 24.2 Å². The Morgan fingerprint density at radius 3 is 1.47 bits per heavy atom. The normalized spacial score (nSPS) is 22.3. The van der Waals surface area contributed by atoms with Crippen LogP contribution in [0.1, 0.15) is 87.2 Å². The van der Waals surface area contributed by atoms with Crippen LogP contribution in [-0.2, 0) is 9.47 Å². The molecule has 0 saturated carbocycles. The third-order valence-electron chi connectivity index (χ3n) is 5.31. The van der Waals surface area contributed by atoms with E-state index >= 15 is 0 Å². The van der Waals surface area contributed by atoms with E-state index in [1.807, 2.05) is 27.7 Å². The summed E-state index contributed by atoms with van der Waals surface area (Å²) in [6, 6.07) is 6.27. The molecule has 0 amide bonds. The Morgan fingerprint density at radius 1 is 0.853 bits per heavy atom. The molecule has 4 rings (SSSR count). The molecular formula is C24H34B2N4O4. The van der Waals surface area contributed by atoms with Crippen molar-refractivity contribution in [2.45, 2.75) is 78.2 Å². The van der Waals surface area contributed by atoms with Crippen LogP contribution in [0, 0.1) is 10.6 Å². The molecule has 4 atom stereocenters. The first-order chi connectivity index (χ1) is 17.1. The monoisotopic (exact) mass is 466 g/mol. The Balaban J connectivity index is 0.000000296. The summed E-state index contributed by atoms with van der Waals surface area (Å²) in [6.07, 6.45) is 1.72. The van der Waals surface area contributed by atoms with Crippen molar-refractivity contribution >= 4 is 26.1 Å². The van der Waals surface area contributed by atoms with Gasteiger partial charge in [-0.25, -0.2) is 9.59 Å². The van der Waals surface area contributed by atoms with Gasteiger partial charge in [0.2, 0.25) is 0 Å². The zero-order valence-electron chi connectivity index (χ0n) is 22.7. The van der Waals surface area contributed by atoms with E-state index < -0.39 is 0 Å². The maximum absolute atomic E-state index is 11.6. The van der Waals surface area contributed by atoms with E-state index in [0.29, 0.717) is 22.5 Å². The minimum Gasteiger partial charge on any atom is -0.458 e. The fourth-order valence-corrected chi connectivity index (χ4v) is 3.62. The number of hydrogen-bond acceptors (Lipinski definition) is 8. The Hall–Kier alpha value is -3.03. The Labute approximate surface area is 206 Å². The Bertz CT molecular complexity index is 991. The zero-order valence-corrected chi connectivity index (χ0v) is 20.7. The molecule has 0 unspecified atom stereocenters. The molecule has 0 aliphatic carbocycles.